The number of aryl methyl sites for hydroxylation is 2. The van der Waals surface area contributed by atoms with Gasteiger partial charge in [-0.3, -0.25) is 0 Å². The monoisotopic (exact) mass is 850 g/mol. The smallest absolute Gasteiger partial charge is 0.123 e. The Morgan fingerprint density at radius 2 is 1.65 bits per heavy atom. The molecule has 48 heavy (non-hydrogen) atoms. The van der Waals surface area contributed by atoms with Crippen molar-refractivity contribution in [3.8, 4) is 33.6 Å². The molecule has 0 fully saturated rings. The fraction of sp³-hybridized carbons (Fsp3) is 0.190. The van der Waals surface area contributed by atoms with E-state index in [2.05, 4.69) is 41.7 Å². The molecule has 245 valence electrons. The number of nitrogens with zero attached hydrogens (tertiary/aromatic N) is 2. The minimum Gasteiger partial charge on any atom is -0.305 e. The van der Waals surface area contributed by atoms with Crippen LogP contribution in [0.1, 0.15) is 46.0 Å². The molecule has 0 atom stereocenters. The number of thiophene rings is 1. The number of rotatable bonds is 5. The van der Waals surface area contributed by atoms with Crippen LogP contribution in [0.15, 0.2) is 103 Å². The minimum absolute atomic E-state index is 0. The van der Waals surface area contributed by atoms with E-state index in [-0.39, 0.29) is 37.0 Å². The van der Waals surface area contributed by atoms with E-state index in [1.807, 2.05) is 62.5 Å². The summed E-state index contributed by atoms with van der Waals surface area (Å²) in [6, 6.07) is 32.5. The molecule has 7 rings (SSSR count). The number of halogens is 1. The third kappa shape index (κ3) is 7.58. The molecule has 7 aromatic rings. The van der Waals surface area contributed by atoms with E-state index in [0.29, 0.717) is 11.3 Å². The Bertz CT molecular complexity index is 2450. The van der Waals surface area contributed by atoms with Crippen LogP contribution in [0.25, 0.3) is 53.8 Å². The number of aromatic nitrogens is 2. The first kappa shape index (κ1) is 27.1. The second-order valence-corrected chi connectivity index (χ2v) is 18.8. The first-order chi connectivity index (χ1) is 25.2. The van der Waals surface area contributed by atoms with Crippen molar-refractivity contribution in [1.82, 2.24) is 9.97 Å². The Morgan fingerprint density at radius 3 is 2.33 bits per heavy atom. The van der Waals surface area contributed by atoms with Gasteiger partial charge in [0, 0.05) is 52.4 Å². The predicted molar refractivity (Wildman–Crippen MR) is 202 cm³/mol. The van der Waals surface area contributed by atoms with Gasteiger partial charge in [0.25, 0.3) is 0 Å². The average Bonchev–Trinajstić information content (AvgIpc) is 3.48. The fourth-order valence-electron chi connectivity index (χ4n) is 5.54. The van der Waals surface area contributed by atoms with Gasteiger partial charge in [0.15, 0.2) is 0 Å². The Morgan fingerprint density at radius 1 is 0.854 bits per heavy atom. The molecular formula is C42H39FIrN2SSi-2. The van der Waals surface area contributed by atoms with Crippen LogP contribution in [0.5, 0.6) is 0 Å². The van der Waals surface area contributed by atoms with Crippen LogP contribution in [-0.2, 0) is 20.1 Å². The Balaban J connectivity index is 0.000000213. The zero-order valence-electron chi connectivity index (χ0n) is 34.3. The van der Waals surface area contributed by atoms with E-state index in [1.165, 1.54) is 34.7 Å². The van der Waals surface area contributed by atoms with Gasteiger partial charge in [-0.05, 0) is 68.7 Å². The van der Waals surface area contributed by atoms with Crippen molar-refractivity contribution >= 4 is 44.8 Å². The summed E-state index contributed by atoms with van der Waals surface area (Å²) in [6.07, 6.45) is 3.50. The summed E-state index contributed by atoms with van der Waals surface area (Å²) in [5, 5.41) is 2.93. The van der Waals surface area contributed by atoms with Crippen LogP contribution in [0.4, 0.5) is 4.39 Å². The van der Waals surface area contributed by atoms with Gasteiger partial charge in [-0.2, -0.15) is 11.3 Å². The molecule has 0 spiro atoms. The third-order valence-corrected chi connectivity index (χ3v) is 11.2. The molecule has 4 aromatic carbocycles. The quantitative estimate of drug-likeness (QED) is 0.127. The molecule has 0 bridgehead atoms. The van der Waals surface area contributed by atoms with Crippen LogP contribution >= 0.6 is 11.3 Å². The molecule has 0 unspecified atom stereocenters. The van der Waals surface area contributed by atoms with Crippen molar-refractivity contribution < 1.29 is 34.1 Å². The minimum atomic E-state index is -2.29. The van der Waals surface area contributed by atoms with Crippen molar-refractivity contribution in [1.29, 1.82) is 0 Å². The molecular weight excluding hydrogens is 804 g/mol. The van der Waals surface area contributed by atoms with Gasteiger partial charge in [-0.15, -0.1) is 59.2 Å². The Hall–Kier alpha value is -3.80. The summed E-state index contributed by atoms with van der Waals surface area (Å²) >= 11 is 1.53. The molecule has 0 saturated carbocycles. The topological polar surface area (TPSA) is 25.8 Å². The van der Waals surface area contributed by atoms with Crippen molar-refractivity contribution in [2.24, 2.45) is 0 Å². The summed E-state index contributed by atoms with van der Waals surface area (Å²) in [6.45, 7) is 6.09. The number of hydrogen-bond acceptors (Lipinski definition) is 3. The first-order valence-electron chi connectivity index (χ1n) is 18.8. The standard InChI is InChI=1S/C24H15FNS.C18H24NSi.Ir/c1-15-12-22(26-14-21(15)16-6-3-2-4-7-16)19-9-5-8-18-20-13-17(25)10-11-23(20)27-24(18)19;1-13(2)16-11-17(15-9-7-14(3)8-10-15)19-12-18(16)20(4,5)6;/h2-8,10-14H,1H3;7-9,11-13H,1-6H3;/q2*-1;/i1D3;3D3,13D;. The van der Waals surface area contributed by atoms with Gasteiger partial charge in [0.2, 0.25) is 0 Å². The zero-order valence-corrected chi connectivity index (χ0v) is 31.5. The van der Waals surface area contributed by atoms with Gasteiger partial charge < -0.3 is 9.97 Å². The number of fused-ring (bicyclic) bond motifs is 3. The van der Waals surface area contributed by atoms with E-state index < -0.39 is 27.7 Å². The van der Waals surface area contributed by atoms with Crippen LogP contribution in [0.2, 0.25) is 19.6 Å². The molecule has 3 aromatic heterocycles. The maximum Gasteiger partial charge on any atom is 0.123 e. The van der Waals surface area contributed by atoms with Crippen LogP contribution in [0, 0.1) is 31.7 Å². The number of pyridine rings is 2. The Labute approximate surface area is 312 Å². The molecule has 6 heteroatoms. The van der Waals surface area contributed by atoms with Gasteiger partial charge in [0.1, 0.15) is 5.82 Å². The third-order valence-electron chi connectivity index (χ3n) is 7.98. The largest absolute Gasteiger partial charge is 0.305 e. The molecule has 0 saturated heterocycles. The van der Waals surface area contributed by atoms with E-state index in [4.69, 9.17) is 9.60 Å². The molecule has 0 N–H and O–H groups in total. The molecule has 1 radical (unpaired) electrons. The van der Waals surface area contributed by atoms with Crippen LogP contribution in [-0.4, -0.2) is 18.0 Å². The van der Waals surface area contributed by atoms with Gasteiger partial charge in [-0.25, -0.2) is 4.39 Å². The first-order valence-corrected chi connectivity index (χ1v) is 19.7. The zero-order chi connectivity index (χ0) is 39.2. The van der Waals surface area contributed by atoms with Crippen molar-refractivity contribution in [2.75, 3.05) is 0 Å². The van der Waals surface area contributed by atoms with E-state index in [1.54, 1.807) is 36.5 Å². The van der Waals surface area contributed by atoms with Crippen LogP contribution < -0.4 is 5.19 Å². The summed E-state index contributed by atoms with van der Waals surface area (Å²) < 4.78 is 70.6. The Kier molecular flexibility index (Phi) is 8.32. The van der Waals surface area contributed by atoms with Gasteiger partial charge >= 0.3 is 0 Å². The van der Waals surface area contributed by atoms with Gasteiger partial charge in [0.05, 0.1) is 8.07 Å². The summed E-state index contributed by atoms with van der Waals surface area (Å²) in [5.74, 6) is -1.00. The number of hydrogen-bond donors (Lipinski definition) is 0. The average molecular weight is 850 g/mol. The van der Waals surface area contributed by atoms with Crippen molar-refractivity contribution in [3.63, 3.8) is 0 Å². The molecule has 0 amide bonds. The molecule has 3 heterocycles. The molecule has 0 aliphatic rings. The van der Waals surface area contributed by atoms with E-state index in [9.17, 15) is 4.39 Å². The van der Waals surface area contributed by atoms with E-state index in [0.717, 1.165) is 48.1 Å². The fourth-order valence-corrected chi connectivity index (χ4v) is 8.31. The second kappa shape index (κ2) is 14.8. The maximum atomic E-state index is 13.8. The van der Waals surface area contributed by atoms with Crippen LogP contribution in [0.3, 0.4) is 0 Å². The summed E-state index contributed by atoms with van der Waals surface area (Å²) in [4.78, 5) is 9.15. The maximum absolute atomic E-state index is 13.8. The number of benzene rings is 4. The molecule has 2 nitrogen and oxygen atoms in total. The van der Waals surface area contributed by atoms with Crippen molar-refractivity contribution in [2.45, 2.75) is 53.1 Å². The second-order valence-electron chi connectivity index (χ2n) is 12.7. The SMILES string of the molecule is [2H]C([2H])([2H])c1c[c-]c(-c2cc(C([2H])(C)C)c([Si](C)(C)C)cn2)cc1.[2H]C([2H])([2H])c1cc(-c2[c-]ccc3c2sc2ccc(F)cc23)ncc1-c1ccccc1.[Ir]. The summed E-state index contributed by atoms with van der Waals surface area (Å²) in [5.41, 5.74) is 5.63. The molecule has 0 aliphatic carbocycles. The normalized spacial score (nSPS) is 14.2. The van der Waals surface area contributed by atoms with E-state index >= 15 is 0 Å². The molecule has 0 aliphatic heterocycles. The summed E-state index contributed by atoms with van der Waals surface area (Å²) in [7, 11) is -1.61. The predicted octanol–water partition coefficient (Wildman–Crippen LogP) is 11.6. The van der Waals surface area contributed by atoms with Gasteiger partial charge in [-0.1, -0.05) is 93.8 Å². The van der Waals surface area contributed by atoms with Crippen molar-refractivity contribution in [3.05, 3.63) is 138 Å².